The molecule has 1 atom stereocenters. The van der Waals surface area contributed by atoms with E-state index in [0.29, 0.717) is 23.0 Å². The predicted molar refractivity (Wildman–Crippen MR) is 120 cm³/mol. The molecular weight excluding hydrogens is 392 g/mol. The third-order valence-electron chi connectivity index (χ3n) is 5.03. The summed E-state index contributed by atoms with van der Waals surface area (Å²) in [5, 5.41) is 8.32. The number of amides is 1. The number of methoxy groups -OCH3 is 1. The molecule has 158 valence electrons. The van der Waals surface area contributed by atoms with Crippen molar-refractivity contribution in [3.8, 4) is 22.8 Å². The molecule has 1 N–H and O–H groups in total. The van der Waals surface area contributed by atoms with Gasteiger partial charge in [0.05, 0.1) is 18.2 Å². The van der Waals surface area contributed by atoms with Crippen molar-refractivity contribution in [1.82, 2.24) is 14.8 Å². The maximum atomic E-state index is 12.7. The first kappa shape index (κ1) is 20.4. The van der Waals surface area contributed by atoms with E-state index in [4.69, 9.17) is 9.47 Å². The zero-order valence-corrected chi connectivity index (χ0v) is 17.9. The van der Waals surface area contributed by atoms with Gasteiger partial charge in [-0.2, -0.15) is 10.1 Å². The molecule has 0 radical (unpaired) electrons. The van der Waals surface area contributed by atoms with Gasteiger partial charge in [-0.3, -0.25) is 9.48 Å². The number of rotatable bonds is 6. The number of hydrogen-bond acceptors (Lipinski definition) is 5. The molecule has 0 saturated carbocycles. The number of fused-ring (bicyclic) bond motifs is 1. The zero-order valence-electron chi connectivity index (χ0n) is 17.9. The number of aromatic nitrogens is 3. The second-order valence-corrected chi connectivity index (χ2v) is 7.26. The standard InChI is InChI=1S/C24H24N4O3/c1-15-22-20(17-9-6-5-7-10-17)14-21(26-23(22)28(3)27-15)31-16(2)24(29)25-18-11-8-12-19(13-18)30-4/h5-14,16H,1-4H3,(H,25,29)/t16-/m1/s1. The summed E-state index contributed by atoms with van der Waals surface area (Å²) in [5.74, 6) is 0.748. The number of hydrogen-bond donors (Lipinski definition) is 1. The lowest BCUT2D eigenvalue weighted by Crippen LogP contribution is -2.30. The van der Waals surface area contributed by atoms with Crippen molar-refractivity contribution in [2.24, 2.45) is 7.05 Å². The van der Waals surface area contributed by atoms with Crippen molar-refractivity contribution in [1.29, 1.82) is 0 Å². The highest BCUT2D eigenvalue weighted by Gasteiger charge is 2.20. The smallest absolute Gasteiger partial charge is 0.265 e. The first-order valence-electron chi connectivity index (χ1n) is 9.97. The molecule has 0 aliphatic heterocycles. The van der Waals surface area contributed by atoms with Crippen LogP contribution in [-0.4, -0.2) is 33.9 Å². The average Bonchev–Trinajstić information content (AvgIpc) is 3.07. The highest BCUT2D eigenvalue weighted by molar-refractivity contribution is 5.96. The molecule has 2 aromatic carbocycles. The van der Waals surface area contributed by atoms with E-state index in [2.05, 4.69) is 15.4 Å². The molecular formula is C24H24N4O3. The Hall–Kier alpha value is -3.87. The molecule has 0 spiro atoms. The summed E-state index contributed by atoms with van der Waals surface area (Å²) in [6, 6.07) is 19.0. The van der Waals surface area contributed by atoms with E-state index in [1.54, 1.807) is 30.8 Å². The Morgan fingerprint density at radius 2 is 1.87 bits per heavy atom. The minimum atomic E-state index is -0.755. The van der Waals surface area contributed by atoms with Gasteiger partial charge in [0.25, 0.3) is 5.91 Å². The Labute approximate surface area is 180 Å². The lowest BCUT2D eigenvalue weighted by Gasteiger charge is -2.16. The number of carbonyl (C=O) groups is 1. The number of benzene rings is 2. The SMILES string of the molecule is COc1cccc(NC(=O)[C@@H](C)Oc2cc(-c3ccccc3)c3c(C)nn(C)c3n2)c1. The number of carbonyl (C=O) groups excluding carboxylic acids is 1. The Morgan fingerprint density at radius 1 is 1.10 bits per heavy atom. The van der Waals surface area contributed by atoms with Crippen LogP contribution in [0.15, 0.2) is 60.7 Å². The van der Waals surface area contributed by atoms with Crippen molar-refractivity contribution in [2.75, 3.05) is 12.4 Å². The van der Waals surface area contributed by atoms with Gasteiger partial charge in [0, 0.05) is 24.9 Å². The number of aryl methyl sites for hydroxylation is 2. The molecule has 0 fully saturated rings. The second-order valence-electron chi connectivity index (χ2n) is 7.26. The van der Waals surface area contributed by atoms with Crippen LogP contribution in [-0.2, 0) is 11.8 Å². The maximum Gasteiger partial charge on any atom is 0.265 e. The quantitative estimate of drug-likeness (QED) is 0.505. The maximum absolute atomic E-state index is 12.7. The van der Waals surface area contributed by atoms with Crippen molar-refractivity contribution in [3.05, 3.63) is 66.4 Å². The van der Waals surface area contributed by atoms with Gasteiger partial charge < -0.3 is 14.8 Å². The monoisotopic (exact) mass is 416 g/mol. The van der Waals surface area contributed by atoms with Crippen molar-refractivity contribution in [2.45, 2.75) is 20.0 Å². The molecule has 0 bridgehead atoms. The van der Waals surface area contributed by atoms with Crippen LogP contribution in [0.3, 0.4) is 0 Å². The van der Waals surface area contributed by atoms with Gasteiger partial charge in [-0.25, -0.2) is 0 Å². The molecule has 4 aromatic rings. The minimum absolute atomic E-state index is 0.280. The first-order chi connectivity index (χ1) is 15.0. The van der Waals surface area contributed by atoms with Crippen LogP contribution < -0.4 is 14.8 Å². The van der Waals surface area contributed by atoms with Gasteiger partial charge in [-0.1, -0.05) is 36.4 Å². The summed E-state index contributed by atoms with van der Waals surface area (Å²) in [7, 11) is 3.43. The number of pyridine rings is 1. The molecule has 2 heterocycles. The fourth-order valence-electron chi connectivity index (χ4n) is 3.51. The highest BCUT2D eigenvalue weighted by Crippen LogP contribution is 2.33. The topological polar surface area (TPSA) is 78.3 Å². The fraction of sp³-hybridized carbons (Fsp3) is 0.208. The Kier molecular flexibility index (Phi) is 5.58. The summed E-state index contributed by atoms with van der Waals surface area (Å²) in [6.07, 6.45) is -0.755. The van der Waals surface area contributed by atoms with Crippen molar-refractivity contribution >= 4 is 22.6 Å². The van der Waals surface area contributed by atoms with Gasteiger partial charge in [-0.15, -0.1) is 0 Å². The van der Waals surface area contributed by atoms with Crippen LogP contribution in [0, 0.1) is 6.92 Å². The van der Waals surface area contributed by atoms with E-state index in [1.165, 1.54) is 0 Å². The largest absolute Gasteiger partial charge is 0.497 e. The van der Waals surface area contributed by atoms with Crippen LogP contribution in [0.5, 0.6) is 11.6 Å². The van der Waals surface area contributed by atoms with E-state index in [9.17, 15) is 4.79 Å². The zero-order chi connectivity index (χ0) is 22.0. The third-order valence-corrected chi connectivity index (χ3v) is 5.03. The van der Waals surface area contributed by atoms with Gasteiger partial charge in [0.15, 0.2) is 11.8 Å². The number of ether oxygens (including phenoxy) is 2. The van der Waals surface area contributed by atoms with Crippen LogP contribution in [0.2, 0.25) is 0 Å². The lowest BCUT2D eigenvalue weighted by molar-refractivity contribution is -0.122. The summed E-state index contributed by atoms with van der Waals surface area (Å²) in [4.78, 5) is 17.3. The fourth-order valence-corrected chi connectivity index (χ4v) is 3.51. The van der Waals surface area contributed by atoms with Crippen LogP contribution in [0.4, 0.5) is 5.69 Å². The molecule has 7 nitrogen and oxygen atoms in total. The molecule has 7 heteroatoms. The molecule has 0 aliphatic rings. The van der Waals surface area contributed by atoms with E-state index in [1.807, 2.05) is 62.5 Å². The van der Waals surface area contributed by atoms with E-state index >= 15 is 0 Å². The van der Waals surface area contributed by atoms with Gasteiger partial charge in [-0.05, 0) is 37.1 Å². The van der Waals surface area contributed by atoms with Gasteiger partial charge in [0.1, 0.15) is 5.75 Å². The summed E-state index contributed by atoms with van der Waals surface area (Å²) < 4.78 is 12.9. The van der Waals surface area contributed by atoms with Gasteiger partial charge >= 0.3 is 0 Å². The summed E-state index contributed by atoms with van der Waals surface area (Å²) >= 11 is 0. The van der Waals surface area contributed by atoms with Crippen LogP contribution >= 0.6 is 0 Å². The van der Waals surface area contributed by atoms with E-state index in [-0.39, 0.29) is 5.91 Å². The molecule has 4 rings (SSSR count). The molecule has 2 aromatic heterocycles. The van der Waals surface area contributed by atoms with E-state index < -0.39 is 6.10 Å². The molecule has 1 amide bonds. The Bertz CT molecular complexity index is 1230. The molecule has 0 saturated heterocycles. The summed E-state index contributed by atoms with van der Waals surface area (Å²) in [6.45, 7) is 3.65. The predicted octanol–water partition coefficient (Wildman–Crippen LogP) is 4.36. The van der Waals surface area contributed by atoms with E-state index in [0.717, 1.165) is 22.2 Å². The third kappa shape index (κ3) is 4.21. The highest BCUT2D eigenvalue weighted by atomic mass is 16.5. The first-order valence-corrected chi connectivity index (χ1v) is 9.97. The average molecular weight is 416 g/mol. The summed E-state index contributed by atoms with van der Waals surface area (Å²) in [5.41, 5.74) is 4.22. The number of nitrogens with one attached hydrogen (secondary N) is 1. The number of nitrogens with zero attached hydrogens (tertiary/aromatic N) is 3. The van der Waals surface area contributed by atoms with Gasteiger partial charge in [0.2, 0.25) is 5.88 Å². The lowest BCUT2D eigenvalue weighted by atomic mass is 10.0. The normalized spacial score (nSPS) is 11.9. The molecule has 0 unspecified atom stereocenters. The molecule has 31 heavy (non-hydrogen) atoms. The Balaban J connectivity index is 1.63. The van der Waals surface area contributed by atoms with Crippen LogP contribution in [0.25, 0.3) is 22.2 Å². The van der Waals surface area contributed by atoms with Crippen molar-refractivity contribution in [3.63, 3.8) is 0 Å². The minimum Gasteiger partial charge on any atom is -0.497 e. The Morgan fingerprint density at radius 3 is 2.61 bits per heavy atom. The second kappa shape index (κ2) is 8.47. The number of anilines is 1. The molecule has 0 aliphatic carbocycles. The van der Waals surface area contributed by atoms with Crippen LogP contribution in [0.1, 0.15) is 12.6 Å². The van der Waals surface area contributed by atoms with Crippen molar-refractivity contribution < 1.29 is 14.3 Å².